The van der Waals surface area contributed by atoms with E-state index in [1.54, 1.807) is 42.5 Å². The van der Waals surface area contributed by atoms with Gasteiger partial charge in [0, 0.05) is 23.8 Å². The van der Waals surface area contributed by atoms with Gasteiger partial charge in [0.05, 0.1) is 17.2 Å². The molecule has 3 rings (SSSR count). The largest absolute Gasteiger partial charge is 0.508 e. The average molecular weight is 323 g/mol. The Balaban J connectivity index is 1.97. The van der Waals surface area contributed by atoms with Crippen molar-refractivity contribution in [2.75, 3.05) is 0 Å². The van der Waals surface area contributed by atoms with Crippen LogP contribution < -0.4 is 5.56 Å². The molecule has 24 heavy (non-hydrogen) atoms. The van der Waals surface area contributed by atoms with Gasteiger partial charge in [0.1, 0.15) is 5.75 Å². The van der Waals surface area contributed by atoms with Gasteiger partial charge >= 0.3 is 0 Å². The van der Waals surface area contributed by atoms with Gasteiger partial charge in [-0.3, -0.25) is 14.9 Å². The maximum atomic E-state index is 12.0. The normalized spacial score (nSPS) is 10.5. The Hall–Kier alpha value is -3.48. The Morgan fingerprint density at radius 2 is 1.88 bits per heavy atom. The molecule has 0 spiro atoms. The molecule has 0 unspecified atom stereocenters. The Morgan fingerprint density at radius 1 is 1.08 bits per heavy atom. The van der Waals surface area contributed by atoms with Crippen molar-refractivity contribution in [2.45, 2.75) is 6.54 Å². The fraction of sp³-hybridized carbons (Fsp3) is 0.0588. The van der Waals surface area contributed by atoms with E-state index in [9.17, 15) is 20.0 Å². The van der Waals surface area contributed by atoms with Crippen LogP contribution in [0.2, 0.25) is 0 Å². The minimum Gasteiger partial charge on any atom is -0.508 e. The zero-order valence-corrected chi connectivity index (χ0v) is 12.5. The topological polar surface area (TPSA) is 98.3 Å². The molecule has 1 N–H and O–H groups in total. The summed E-state index contributed by atoms with van der Waals surface area (Å²) < 4.78 is 1.23. The molecule has 1 heterocycles. The summed E-state index contributed by atoms with van der Waals surface area (Å²) in [6, 6.07) is 15.6. The summed E-state index contributed by atoms with van der Waals surface area (Å²) in [5.41, 5.74) is 1.45. The van der Waals surface area contributed by atoms with E-state index in [2.05, 4.69) is 5.10 Å². The summed E-state index contributed by atoms with van der Waals surface area (Å²) in [4.78, 5) is 22.4. The molecule has 7 heteroatoms. The number of hydrogen-bond acceptors (Lipinski definition) is 5. The van der Waals surface area contributed by atoms with Crippen LogP contribution >= 0.6 is 0 Å². The summed E-state index contributed by atoms with van der Waals surface area (Å²) in [5.74, 6) is 0.103. The molecule has 2 aromatic carbocycles. The molecular formula is C17H13N3O4. The molecule has 0 aliphatic rings. The first-order valence-corrected chi connectivity index (χ1v) is 7.14. The number of aromatic hydroxyl groups is 1. The van der Waals surface area contributed by atoms with Crippen molar-refractivity contribution in [3.63, 3.8) is 0 Å². The molecule has 0 atom stereocenters. The van der Waals surface area contributed by atoms with Crippen molar-refractivity contribution in [3.8, 4) is 17.0 Å². The maximum absolute atomic E-state index is 12.0. The second-order valence-electron chi connectivity index (χ2n) is 5.19. The van der Waals surface area contributed by atoms with E-state index in [4.69, 9.17) is 0 Å². The number of rotatable bonds is 4. The number of phenolic OH excluding ortho intramolecular Hbond substituents is 1. The zero-order chi connectivity index (χ0) is 17.1. The highest BCUT2D eigenvalue weighted by Crippen LogP contribution is 2.20. The second kappa shape index (κ2) is 6.33. The number of benzene rings is 2. The van der Waals surface area contributed by atoms with Crippen molar-refractivity contribution in [1.82, 2.24) is 9.78 Å². The smallest absolute Gasteiger partial charge is 0.269 e. The lowest BCUT2D eigenvalue weighted by Gasteiger charge is -2.07. The zero-order valence-electron chi connectivity index (χ0n) is 12.5. The van der Waals surface area contributed by atoms with Gasteiger partial charge in [0.15, 0.2) is 0 Å². The van der Waals surface area contributed by atoms with E-state index in [0.717, 1.165) is 0 Å². The van der Waals surface area contributed by atoms with E-state index >= 15 is 0 Å². The SMILES string of the molecule is O=c1ccc(-c2cccc(O)c2)nn1Cc1cccc([N+](=O)[O-])c1. The number of non-ortho nitro benzene ring substituents is 1. The lowest BCUT2D eigenvalue weighted by Crippen LogP contribution is -2.22. The third kappa shape index (κ3) is 3.30. The van der Waals surface area contributed by atoms with Crippen molar-refractivity contribution < 1.29 is 10.0 Å². The van der Waals surface area contributed by atoms with E-state index in [0.29, 0.717) is 16.8 Å². The lowest BCUT2D eigenvalue weighted by molar-refractivity contribution is -0.384. The molecular weight excluding hydrogens is 310 g/mol. The Morgan fingerprint density at radius 3 is 2.62 bits per heavy atom. The van der Waals surface area contributed by atoms with Crippen LogP contribution in [0.3, 0.4) is 0 Å². The fourth-order valence-corrected chi connectivity index (χ4v) is 2.32. The number of nitro groups is 1. The number of aromatic nitrogens is 2. The van der Waals surface area contributed by atoms with E-state index < -0.39 is 4.92 Å². The minimum atomic E-state index is -0.483. The number of nitro benzene ring substituents is 1. The molecule has 7 nitrogen and oxygen atoms in total. The van der Waals surface area contributed by atoms with Gasteiger partial charge in [0.2, 0.25) is 0 Å². The number of phenols is 1. The van der Waals surface area contributed by atoms with E-state index in [-0.39, 0.29) is 23.5 Å². The molecule has 1 aromatic heterocycles. The van der Waals surface area contributed by atoms with Crippen LogP contribution in [0.5, 0.6) is 5.75 Å². The highest BCUT2D eigenvalue weighted by atomic mass is 16.6. The summed E-state index contributed by atoms with van der Waals surface area (Å²) in [6.45, 7) is 0.118. The van der Waals surface area contributed by atoms with Crippen LogP contribution in [0.15, 0.2) is 65.5 Å². The Labute approximate surface area is 136 Å². The average Bonchev–Trinajstić information content (AvgIpc) is 2.57. The predicted molar refractivity (Wildman–Crippen MR) is 87.8 cm³/mol. The minimum absolute atomic E-state index is 0.0373. The molecule has 0 saturated heterocycles. The highest BCUT2D eigenvalue weighted by Gasteiger charge is 2.08. The summed E-state index contributed by atoms with van der Waals surface area (Å²) in [5, 5.41) is 24.7. The molecule has 0 fully saturated rings. The Bertz CT molecular complexity index is 966. The first-order valence-electron chi connectivity index (χ1n) is 7.14. The predicted octanol–water partition coefficient (Wildman–Crippen LogP) is 2.57. The fourth-order valence-electron chi connectivity index (χ4n) is 2.32. The molecule has 0 aliphatic heterocycles. The van der Waals surface area contributed by atoms with Gasteiger partial charge in [-0.25, -0.2) is 4.68 Å². The first kappa shape index (κ1) is 15.4. The molecule has 0 radical (unpaired) electrons. The van der Waals surface area contributed by atoms with Crippen molar-refractivity contribution >= 4 is 5.69 Å². The van der Waals surface area contributed by atoms with Crippen LogP contribution in [0.4, 0.5) is 5.69 Å². The molecule has 3 aromatic rings. The monoisotopic (exact) mass is 323 g/mol. The van der Waals surface area contributed by atoms with Crippen LogP contribution in [-0.4, -0.2) is 19.8 Å². The van der Waals surface area contributed by atoms with Gasteiger partial charge in [-0.15, -0.1) is 0 Å². The Kier molecular flexibility index (Phi) is 4.07. The quantitative estimate of drug-likeness (QED) is 0.588. The van der Waals surface area contributed by atoms with Gasteiger partial charge in [-0.1, -0.05) is 24.3 Å². The van der Waals surface area contributed by atoms with Gasteiger partial charge in [-0.05, 0) is 23.8 Å². The molecule has 0 saturated carbocycles. The van der Waals surface area contributed by atoms with Crippen molar-refractivity contribution in [1.29, 1.82) is 0 Å². The summed E-state index contributed by atoms with van der Waals surface area (Å²) >= 11 is 0. The van der Waals surface area contributed by atoms with Crippen LogP contribution in [0.1, 0.15) is 5.56 Å². The van der Waals surface area contributed by atoms with Crippen molar-refractivity contribution in [2.24, 2.45) is 0 Å². The third-order valence-electron chi connectivity index (χ3n) is 3.46. The number of hydrogen-bond donors (Lipinski definition) is 1. The third-order valence-corrected chi connectivity index (χ3v) is 3.46. The van der Waals surface area contributed by atoms with Crippen LogP contribution in [0.25, 0.3) is 11.3 Å². The summed E-state index contributed by atoms with van der Waals surface area (Å²) in [7, 11) is 0. The molecule has 120 valence electrons. The molecule has 0 bridgehead atoms. The summed E-state index contributed by atoms with van der Waals surface area (Å²) in [6.07, 6.45) is 0. The lowest BCUT2D eigenvalue weighted by atomic mass is 10.1. The highest BCUT2D eigenvalue weighted by molar-refractivity contribution is 5.60. The van der Waals surface area contributed by atoms with Gasteiger partial charge in [-0.2, -0.15) is 5.10 Å². The van der Waals surface area contributed by atoms with Gasteiger partial charge in [0.25, 0.3) is 11.2 Å². The van der Waals surface area contributed by atoms with Gasteiger partial charge < -0.3 is 5.11 Å². The molecule has 0 aliphatic carbocycles. The van der Waals surface area contributed by atoms with Crippen LogP contribution in [0, 0.1) is 10.1 Å². The number of nitrogens with zero attached hydrogens (tertiary/aromatic N) is 3. The first-order chi connectivity index (χ1) is 11.5. The van der Waals surface area contributed by atoms with Crippen molar-refractivity contribution in [3.05, 3.63) is 86.7 Å². The second-order valence-corrected chi connectivity index (χ2v) is 5.19. The van der Waals surface area contributed by atoms with Crippen LogP contribution in [-0.2, 0) is 6.54 Å². The standard InChI is InChI=1S/C17H13N3O4/c21-15-6-2-4-13(10-15)16-7-8-17(22)19(18-16)11-12-3-1-5-14(9-12)20(23)24/h1-10,21H,11H2. The maximum Gasteiger partial charge on any atom is 0.269 e. The van der Waals surface area contributed by atoms with E-state index in [1.165, 1.54) is 22.9 Å². The van der Waals surface area contributed by atoms with E-state index in [1.807, 2.05) is 0 Å². The molecule has 0 amide bonds.